The van der Waals surface area contributed by atoms with Gasteiger partial charge in [-0.15, -0.1) is 0 Å². The van der Waals surface area contributed by atoms with Crippen molar-refractivity contribution in [2.24, 2.45) is 5.92 Å². The number of aromatic nitrogens is 3. The molecule has 2 aliphatic rings. The lowest BCUT2D eigenvalue weighted by molar-refractivity contribution is -0.135. The predicted octanol–water partition coefficient (Wildman–Crippen LogP) is 1.72. The molecule has 0 aromatic carbocycles. The second-order valence-corrected chi connectivity index (χ2v) is 6.66. The molecule has 2 aliphatic heterocycles. The van der Waals surface area contributed by atoms with Crippen LogP contribution < -0.4 is 5.32 Å². The third-order valence-electron chi connectivity index (χ3n) is 4.99. The summed E-state index contributed by atoms with van der Waals surface area (Å²) in [7, 11) is 0. The van der Waals surface area contributed by atoms with Gasteiger partial charge in [-0.25, -0.2) is 4.98 Å². The van der Waals surface area contributed by atoms with Gasteiger partial charge in [0.2, 0.25) is 5.91 Å². The van der Waals surface area contributed by atoms with Crippen LogP contribution in [0.1, 0.15) is 35.4 Å². The van der Waals surface area contributed by atoms with Crippen LogP contribution in [0.3, 0.4) is 0 Å². The Balaban J connectivity index is 1.46. The van der Waals surface area contributed by atoms with Gasteiger partial charge < -0.3 is 14.8 Å². The van der Waals surface area contributed by atoms with E-state index in [1.165, 1.54) is 0 Å². The van der Waals surface area contributed by atoms with Gasteiger partial charge in [0.05, 0.1) is 29.8 Å². The van der Waals surface area contributed by atoms with Gasteiger partial charge in [-0.3, -0.25) is 14.6 Å². The fourth-order valence-corrected chi connectivity index (χ4v) is 3.68. The quantitative estimate of drug-likeness (QED) is 0.923. The number of hydrogen-bond acceptors (Lipinski definition) is 4. The molecule has 0 spiro atoms. The minimum absolute atomic E-state index is 0.00552. The van der Waals surface area contributed by atoms with Crippen molar-refractivity contribution < 1.29 is 9.59 Å². The van der Waals surface area contributed by atoms with Gasteiger partial charge in [-0.1, -0.05) is 0 Å². The molecular formula is C18H21N5O2. The summed E-state index contributed by atoms with van der Waals surface area (Å²) in [5.74, 6) is 0.0123. The summed E-state index contributed by atoms with van der Waals surface area (Å²) >= 11 is 0. The van der Waals surface area contributed by atoms with E-state index < -0.39 is 0 Å². The number of imidazole rings is 1. The van der Waals surface area contributed by atoms with Crippen molar-refractivity contribution in [3.05, 3.63) is 42.2 Å². The van der Waals surface area contributed by atoms with Crippen LogP contribution >= 0.6 is 0 Å². The molecule has 25 heavy (non-hydrogen) atoms. The molecule has 2 amide bonds. The molecule has 7 heteroatoms. The molecule has 1 fully saturated rings. The Bertz CT molecular complexity index is 780. The smallest absolute Gasteiger partial charge is 0.276 e. The van der Waals surface area contributed by atoms with Gasteiger partial charge in [0.15, 0.2) is 0 Å². The number of pyridine rings is 1. The number of carbonyl (C=O) groups excluding carboxylic acids is 2. The average molecular weight is 339 g/mol. The first-order valence-electron chi connectivity index (χ1n) is 8.76. The molecule has 1 saturated heterocycles. The van der Waals surface area contributed by atoms with Crippen molar-refractivity contribution in [1.82, 2.24) is 19.4 Å². The van der Waals surface area contributed by atoms with Gasteiger partial charge >= 0.3 is 0 Å². The first-order valence-corrected chi connectivity index (χ1v) is 8.76. The standard InChI is InChI=1S/C18H21N5O2/c24-17(21-14-4-3-7-19-10-14)16-15-6-5-13(11-23(15)12-20-16)18(25)22-8-1-2-9-22/h3-4,7,10,12-13H,1-2,5-6,8-9,11H2,(H,21,24). The van der Waals surface area contributed by atoms with Crippen molar-refractivity contribution in [3.63, 3.8) is 0 Å². The van der Waals surface area contributed by atoms with Crippen LogP contribution in [0.4, 0.5) is 5.69 Å². The molecule has 0 aliphatic carbocycles. The predicted molar refractivity (Wildman–Crippen MR) is 92.0 cm³/mol. The van der Waals surface area contributed by atoms with Crippen LogP contribution in [0.25, 0.3) is 0 Å². The highest BCUT2D eigenvalue weighted by Gasteiger charge is 2.32. The van der Waals surface area contributed by atoms with Crippen molar-refractivity contribution in [1.29, 1.82) is 0 Å². The fourth-order valence-electron chi connectivity index (χ4n) is 3.68. The first kappa shape index (κ1) is 15.8. The zero-order valence-corrected chi connectivity index (χ0v) is 14.0. The Kier molecular flexibility index (Phi) is 4.21. The van der Waals surface area contributed by atoms with Gasteiger partial charge in [0, 0.05) is 25.8 Å². The van der Waals surface area contributed by atoms with Crippen LogP contribution in [0.2, 0.25) is 0 Å². The average Bonchev–Trinajstić information content (AvgIpc) is 3.31. The molecule has 4 rings (SSSR count). The van der Waals surface area contributed by atoms with Crippen LogP contribution in [-0.4, -0.2) is 44.3 Å². The van der Waals surface area contributed by atoms with E-state index in [0.29, 0.717) is 24.3 Å². The van der Waals surface area contributed by atoms with E-state index in [1.807, 2.05) is 9.47 Å². The molecule has 0 radical (unpaired) electrons. The van der Waals surface area contributed by atoms with E-state index in [-0.39, 0.29) is 17.7 Å². The second kappa shape index (κ2) is 6.66. The third kappa shape index (κ3) is 3.14. The number of hydrogen-bond donors (Lipinski definition) is 1. The van der Waals surface area contributed by atoms with Gasteiger partial charge in [-0.2, -0.15) is 0 Å². The number of likely N-dealkylation sites (tertiary alicyclic amines) is 1. The fraction of sp³-hybridized carbons (Fsp3) is 0.444. The Hall–Kier alpha value is -2.70. The lowest BCUT2D eigenvalue weighted by atomic mass is 9.95. The molecule has 1 atom stereocenters. The minimum Gasteiger partial charge on any atom is -0.342 e. The summed E-state index contributed by atoms with van der Waals surface area (Å²) < 4.78 is 1.96. The van der Waals surface area contributed by atoms with Crippen molar-refractivity contribution in [2.45, 2.75) is 32.2 Å². The molecule has 2 aromatic heterocycles. The van der Waals surface area contributed by atoms with Gasteiger partial charge in [0.1, 0.15) is 5.69 Å². The summed E-state index contributed by atoms with van der Waals surface area (Å²) in [6.07, 6.45) is 8.61. The topological polar surface area (TPSA) is 80.1 Å². The summed E-state index contributed by atoms with van der Waals surface area (Å²) in [5.41, 5.74) is 2.00. The normalized spacial score (nSPS) is 19.5. The Morgan fingerprint density at radius 2 is 2.08 bits per heavy atom. The summed E-state index contributed by atoms with van der Waals surface area (Å²) in [6, 6.07) is 3.56. The Labute approximate surface area is 146 Å². The first-order chi connectivity index (χ1) is 12.2. The number of fused-ring (bicyclic) bond motifs is 1. The SMILES string of the molecule is O=C(Nc1cccnc1)c1ncn2c1CCC(C(=O)N1CCCC1)C2. The monoisotopic (exact) mass is 339 g/mol. The molecule has 1 N–H and O–H groups in total. The maximum absolute atomic E-state index is 12.6. The highest BCUT2D eigenvalue weighted by Crippen LogP contribution is 2.25. The molecule has 1 unspecified atom stereocenters. The van der Waals surface area contributed by atoms with E-state index in [0.717, 1.165) is 38.0 Å². The van der Waals surface area contributed by atoms with E-state index in [2.05, 4.69) is 15.3 Å². The van der Waals surface area contributed by atoms with Crippen molar-refractivity contribution in [2.75, 3.05) is 18.4 Å². The summed E-state index contributed by atoms with van der Waals surface area (Å²) in [4.78, 5) is 35.3. The maximum atomic E-state index is 12.6. The van der Waals surface area contributed by atoms with Crippen LogP contribution in [0, 0.1) is 5.92 Å². The highest BCUT2D eigenvalue weighted by atomic mass is 16.2. The van der Waals surface area contributed by atoms with E-state index in [4.69, 9.17) is 0 Å². The highest BCUT2D eigenvalue weighted by molar-refractivity contribution is 6.03. The number of anilines is 1. The zero-order chi connectivity index (χ0) is 17.2. The van der Waals surface area contributed by atoms with E-state index in [1.54, 1.807) is 30.9 Å². The Morgan fingerprint density at radius 1 is 1.24 bits per heavy atom. The number of amides is 2. The zero-order valence-electron chi connectivity index (χ0n) is 14.0. The maximum Gasteiger partial charge on any atom is 0.276 e. The minimum atomic E-state index is -0.230. The second-order valence-electron chi connectivity index (χ2n) is 6.66. The Morgan fingerprint density at radius 3 is 2.84 bits per heavy atom. The molecule has 0 bridgehead atoms. The lowest BCUT2D eigenvalue weighted by Crippen LogP contribution is -2.38. The van der Waals surface area contributed by atoms with Gasteiger partial charge in [0.25, 0.3) is 5.91 Å². The number of nitrogens with one attached hydrogen (secondary N) is 1. The largest absolute Gasteiger partial charge is 0.342 e. The van der Waals surface area contributed by atoms with Crippen LogP contribution in [-0.2, 0) is 17.8 Å². The van der Waals surface area contributed by atoms with Crippen molar-refractivity contribution >= 4 is 17.5 Å². The molecule has 4 heterocycles. The van der Waals surface area contributed by atoms with Crippen LogP contribution in [0.15, 0.2) is 30.9 Å². The number of carbonyl (C=O) groups is 2. The molecule has 2 aromatic rings. The van der Waals surface area contributed by atoms with E-state index in [9.17, 15) is 9.59 Å². The number of rotatable bonds is 3. The molecule has 0 saturated carbocycles. The summed E-state index contributed by atoms with van der Waals surface area (Å²) in [6.45, 7) is 2.37. The molecule has 130 valence electrons. The number of nitrogens with zero attached hydrogens (tertiary/aromatic N) is 4. The molecule has 7 nitrogen and oxygen atoms in total. The van der Waals surface area contributed by atoms with Gasteiger partial charge in [-0.05, 0) is 37.8 Å². The third-order valence-corrected chi connectivity index (χ3v) is 4.99. The van der Waals surface area contributed by atoms with Crippen molar-refractivity contribution in [3.8, 4) is 0 Å². The van der Waals surface area contributed by atoms with Crippen LogP contribution in [0.5, 0.6) is 0 Å². The lowest BCUT2D eigenvalue weighted by Gasteiger charge is -2.27. The van der Waals surface area contributed by atoms with E-state index >= 15 is 0 Å². The molecular weight excluding hydrogens is 318 g/mol. The summed E-state index contributed by atoms with van der Waals surface area (Å²) in [5, 5.41) is 2.82.